The highest BCUT2D eigenvalue weighted by atomic mass is 15.1. The van der Waals surface area contributed by atoms with E-state index in [0.717, 1.165) is 11.2 Å². The molecule has 0 radical (unpaired) electrons. The minimum atomic E-state index is 0.697. The van der Waals surface area contributed by atoms with Crippen molar-refractivity contribution in [1.82, 2.24) is 9.55 Å². The largest absolute Gasteiger partial charge is 0.399 e. The summed E-state index contributed by atoms with van der Waals surface area (Å²) in [7, 11) is 0. The first kappa shape index (κ1) is 8.62. The van der Waals surface area contributed by atoms with Gasteiger partial charge in [0.25, 0.3) is 0 Å². The molecule has 0 bridgehead atoms. The molecule has 0 spiro atoms. The van der Waals surface area contributed by atoms with E-state index in [9.17, 15) is 0 Å². The fraction of sp³-hybridized carbons (Fsp3) is 0.462. The molecule has 2 N–H and O–H groups in total. The van der Waals surface area contributed by atoms with Crippen molar-refractivity contribution in [2.75, 3.05) is 5.73 Å². The number of rotatable bonds is 2. The molecule has 1 aromatic heterocycles. The van der Waals surface area contributed by atoms with E-state index in [0.29, 0.717) is 12.0 Å². The van der Waals surface area contributed by atoms with Gasteiger partial charge in [0.1, 0.15) is 5.82 Å². The van der Waals surface area contributed by atoms with Gasteiger partial charge < -0.3 is 10.3 Å². The summed E-state index contributed by atoms with van der Waals surface area (Å²) in [6.45, 7) is 0. The predicted octanol–water partition coefficient (Wildman–Crippen LogP) is 2.83. The Kier molecular flexibility index (Phi) is 1.50. The molecule has 2 aromatic rings. The van der Waals surface area contributed by atoms with Crippen LogP contribution in [0, 0.1) is 0 Å². The van der Waals surface area contributed by atoms with Crippen molar-refractivity contribution in [3.63, 3.8) is 0 Å². The van der Waals surface area contributed by atoms with Crippen molar-refractivity contribution < 1.29 is 0 Å². The van der Waals surface area contributed by atoms with Gasteiger partial charge in [-0.15, -0.1) is 0 Å². The molecule has 3 nitrogen and oxygen atoms in total. The first-order valence-electron chi connectivity index (χ1n) is 6.10. The number of nitrogen functional groups attached to an aromatic ring is 1. The van der Waals surface area contributed by atoms with Crippen LogP contribution in [0.1, 0.15) is 43.5 Å². The Hall–Kier alpha value is -1.51. The number of aromatic nitrogens is 2. The van der Waals surface area contributed by atoms with E-state index in [-0.39, 0.29) is 0 Å². The topological polar surface area (TPSA) is 43.8 Å². The smallest absolute Gasteiger partial charge is 0.113 e. The van der Waals surface area contributed by atoms with Gasteiger partial charge in [-0.05, 0) is 43.9 Å². The van der Waals surface area contributed by atoms with Crippen molar-refractivity contribution >= 4 is 16.7 Å². The Balaban J connectivity index is 2.01. The van der Waals surface area contributed by atoms with Gasteiger partial charge in [0.2, 0.25) is 0 Å². The van der Waals surface area contributed by atoms with Crippen LogP contribution >= 0.6 is 0 Å². The molecule has 3 heteroatoms. The van der Waals surface area contributed by atoms with Crippen LogP contribution in [0.5, 0.6) is 0 Å². The maximum absolute atomic E-state index is 5.87. The van der Waals surface area contributed by atoms with Crippen LogP contribution in [0.4, 0.5) is 5.69 Å². The minimum absolute atomic E-state index is 0.697. The molecule has 0 amide bonds. The van der Waals surface area contributed by atoms with Gasteiger partial charge in [-0.2, -0.15) is 0 Å². The molecular weight excluding hydrogens is 198 g/mol. The maximum Gasteiger partial charge on any atom is 0.113 e. The highest BCUT2D eigenvalue weighted by Crippen LogP contribution is 2.46. The summed E-state index contributed by atoms with van der Waals surface area (Å²) in [5.41, 5.74) is 9.07. The third-order valence-electron chi connectivity index (χ3n) is 3.60. The average Bonchev–Trinajstić information content (AvgIpc) is 3.14. The highest BCUT2D eigenvalue weighted by Gasteiger charge is 2.35. The normalized spacial score (nSPS) is 20.5. The molecule has 82 valence electrons. The lowest BCUT2D eigenvalue weighted by Crippen LogP contribution is -1.99. The number of nitrogens with two attached hydrogens (primary N) is 1. The molecule has 0 saturated heterocycles. The summed E-state index contributed by atoms with van der Waals surface area (Å²) in [5, 5.41) is 0. The van der Waals surface area contributed by atoms with Gasteiger partial charge in [-0.1, -0.05) is 0 Å². The summed E-state index contributed by atoms with van der Waals surface area (Å²) >= 11 is 0. The Morgan fingerprint density at radius 2 is 2.00 bits per heavy atom. The lowest BCUT2D eigenvalue weighted by molar-refractivity contribution is 0.703. The number of anilines is 1. The molecular formula is C13H15N3. The van der Waals surface area contributed by atoms with Crippen LogP contribution < -0.4 is 5.73 Å². The molecule has 16 heavy (non-hydrogen) atoms. The standard InChI is InChI=1S/C13H15N3/c14-9-3-6-11-12(7-9)16(10-4-5-10)13(15-11)8-1-2-8/h3,6-8,10H,1-2,4-5,14H2. The fourth-order valence-corrected chi connectivity index (χ4v) is 2.47. The van der Waals surface area contributed by atoms with Gasteiger partial charge in [0.15, 0.2) is 0 Å². The molecule has 1 heterocycles. The zero-order chi connectivity index (χ0) is 10.7. The number of nitrogens with zero attached hydrogens (tertiary/aromatic N) is 2. The summed E-state index contributed by atoms with van der Waals surface area (Å²) < 4.78 is 2.45. The van der Waals surface area contributed by atoms with Gasteiger partial charge in [-0.25, -0.2) is 4.98 Å². The van der Waals surface area contributed by atoms with E-state index in [1.807, 2.05) is 6.07 Å². The number of hydrogen-bond donors (Lipinski definition) is 1. The summed E-state index contributed by atoms with van der Waals surface area (Å²) in [6.07, 6.45) is 5.23. The van der Waals surface area contributed by atoms with Crippen molar-refractivity contribution in [3.05, 3.63) is 24.0 Å². The third kappa shape index (κ3) is 1.17. The molecule has 2 aliphatic carbocycles. The summed E-state index contributed by atoms with van der Waals surface area (Å²) in [5.74, 6) is 2.03. The van der Waals surface area contributed by atoms with Crippen LogP contribution in [0.25, 0.3) is 11.0 Å². The zero-order valence-electron chi connectivity index (χ0n) is 9.19. The summed E-state index contributed by atoms with van der Waals surface area (Å²) in [6, 6.07) is 6.77. The number of fused-ring (bicyclic) bond motifs is 1. The molecule has 0 unspecified atom stereocenters. The van der Waals surface area contributed by atoms with Crippen molar-refractivity contribution in [2.45, 2.75) is 37.6 Å². The van der Waals surface area contributed by atoms with Gasteiger partial charge >= 0.3 is 0 Å². The Morgan fingerprint density at radius 3 is 2.69 bits per heavy atom. The minimum Gasteiger partial charge on any atom is -0.399 e. The molecule has 0 aliphatic heterocycles. The molecule has 0 atom stereocenters. The van der Waals surface area contributed by atoms with Gasteiger partial charge in [-0.3, -0.25) is 0 Å². The van der Waals surface area contributed by atoms with Crippen molar-refractivity contribution in [3.8, 4) is 0 Å². The molecule has 4 rings (SSSR count). The van der Waals surface area contributed by atoms with E-state index in [1.54, 1.807) is 0 Å². The quantitative estimate of drug-likeness (QED) is 0.779. The van der Waals surface area contributed by atoms with E-state index in [2.05, 4.69) is 16.7 Å². The lowest BCUT2D eigenvalue weighted by Gasteiger charge is -2.06. The molecule has 1 aromatic carbocycles. The Morgan fingerprint density at radius 1 is 1.19 bits per heavy atom. The second-order valence-corrected chi connectivity index (χ2v) is 5.09. The van der Waals surface area contributed by atoms with Crippen LogP contribution in [-0.2, 0) is 0 Å². The Bertz CT molecular complexity index is 562. The van der Waals surface area contributed by atoms with E-state index >= 15 is 0 Å². The SMILES string of the molecule is Nc1ccc2nc(C3CC3)n(C3CC3)c2c1. The third-order valence-corrected chi connectivity index (χ3v) is 3.60. The fourth-order valence-electron chi connectivity index (χ4n) is 2.47. The molecule has 2 aliphatic rings. The summed E-state index contributed by atoms with van der Waals surface area (Å²) in [4.78, 5) is 4.78. The van der Waals surface area contributed by atoms with Crippen LogP contribution in [0.2, 0.25) is 0 Å². The Labute approximate surface area is 94.3 Å². The second-order valence-electron chi connectivity index (χ2n) is 5.09. The second kappa shape index (κ2) is 2.78. The van der Waals surface area contributed by atoms with Gasteiger partial charge in [0, 0.05) is 17.6 Å². The van der Waals surface area contributed by atoms with Gasteiger partial charge in [0.05, 0.1) is 11.0 Å². The number of benzene rings is 1. The first-order valence-corrected chi connectivity index (χ1v) is 6.10. The van der Waals surface area contributed by atoms with Crippen molar-refractivity contribution in [1.29, 1.82) is 0 Å². The van der Waals surface area contributed by atoms with Crippen LogP contribution in [-0.4, -0.2) is 9.55 Å². The van der Waals surface area contributed by atoms with E-state index < -0.39 is 0 Å². The number of hydrogen-bond acceptors (Lipinski definition) is 2. The predicted molar refractivity (Wildman–Crippen MR) is 64.4 cm³/mol. The van der Waals surface area contributed by atoms with Crippen molar-refractivity contribution in [2.24, 2.45) is 0 Å². The monoisotopic (exact) mass is 213 g/mol. The lowest BCUT2D eigenvalue weighted by atomic mass is 10.3. The van der Waals surface area contributed by atoms with Crippen LogP contribution in [0.3, 0.4) is 0 Å². The zero-order valence-corrected chi connectivity index (χ0v) is 9.19. The molecule has 2 saturated carbocycles. The van der Waals surface area contributed by atoms with E-state index in [1.165, 1.54) is 37.0 Å². The first-order chi connectivity index (χ1) is 7.83. The maximum atomic E-state index is 5.87. The average molecular weight is 213 g/mol. The van der Waals surface area contributed by atoms with Crippen LogP contribution in [0.15, 0.2) is 18.2 Å². The highest BCUT2D eigenvalue weighted by molar-refractivity contribution is 5.80. The van der Waals surface area contributed by atoms with E-state index in [4.69, 9.17) is 10.7 Å². The molecule has 2 fully saturated rings. The number of imidazole rings is 1.